The number of amides is 3. The number of anilines is 1. The maximum atomic E-state index is 13.6. The zero-order valence-corrected chi connectivity index (χ0v) is 18.4. The molecule has 0 saturated carbocycles. The van der Waals surface area contributed by atoms with Gasteiger partial charge in [-0.3, -0.25) is 24.6 Å². The summed E-state index contributed by atoms with van der Waals surface area (Å²) >= 11 is 3.44. The van der Waals surface area contributed by atoms with Crippen LogP contribution < -0.4 is 10.6 Å². The molecule has 0 aliphatic carbocycles. The molecule has 3 aliphatic rings. The van der Waals surface area contributed by atoms with Gasteiger partial charge in [-0.25, -0.2) is 0 Å². The van der Waals surface area contributed by atoms with Gasteiger partial charge in [0.1, 0.15) is 5.54 Å². The Labute approximate surface area is 187 Å². The standard InChI is InChI=1S/C23H22BrN3O4/c1-12(28)19-17-18(21(30)27(20(17)29)10-9-13-5-3-2-4-6-13)23(26-19)15-11-14(24)7-8-16(15)25-22(23)31/h2-8,11-12,17-19,26,28H,9-10H2,1H3,(H,25,31)/t12?,17?,18?,19?,23-/m0/s1. The molecule has 3 N–H and O–H groups in total. The number of likely N-dealkylation sites (tertiary alicyclic amines) is 1. The van der Waals surface area contributed by atoms with Gasteiger partial charge >= 0.3 is 0 Å². The fraction of sp³-hybridized carbons (Fsp3) is 0.348. The van der Waals surface area contributed by atoms with E-state index in [-0.39, 0.29) is 24.3 Å². The summed E-state index contributed by atoms with van der Waals surface area (Å²) in [5, 5.41) is 16.5. The van der Waals surface area contributed by atoms with E-state index in [0.717, 1.165) is 10.0 Å². The number of carbonyl (C=O) groups is 3. The van der Waals surface area contributed by atoms with Crippen molar-refractivity contribution in [3.63, 3.8) is 0 Å². The molecule has 2 aromatic carbocycles. The molecule has 0 aromatic heterocycles. The molecule has 2 aromatic rings. The molecule has 7 nitrogen and oxygen atoms in total. The number of benzene rings is 2. The van der Waals surface area contributed by atoms with Gasteiger partial charge in [-0.2, -0.15) is 0 Å². The van der Waals surface area contributed by atoms with E-state index < -0.39 is 29.5 Å². The number of rotatable bonds is 4. The first-order chi connectivity index (χ1) is 14.8. The lowest BCUT2D eigenvalue weighted by atomic mass is 9.76. The van der Waals surface area contributed by atoms with Gasteiger partial charge in [0.25, 0.3) is 0 Å². The maximum Gasteiger partial charge on any atom is 0.250 e. The Bertz CT molecular complexity index is 1090. The van der Waals surface area contributed by atoms with Crippen molar-refractivity contribution in [1.82, 2.24) is 10.2 Å². The first-order valence-corrected chi connectivity index (χ1v) is 11.1. The Morgan fingerprint density at radius 2 is 1.87 bits per heavy atom. The number of aliphatic hydroxyl groups excluding tert-OH is 1. The van der Waals surface area contributed by atoms with Gasteiger partial charge in [-0.15, -0.1) is 0 Å². The summed E-state index contributed by atoms with van der Waals surface area (Å²) in [7, 11) is 0. The van der Waals surface area contributed by atoms with Crippen molar-refractivity contribution in [1.29, 1.82) is 0 Å². The van der Waals surface area contributed by atoms with Crippen molar-refractivity contribution in [3.8, 4) is 0 Å². The molecule has 5 atom stereocenters. The highest BCUT2D eigenvalue weighted by molar-refractivity contribution is 9.10. The molecule has 2 fully saturated rings. The number of aliphatic hydroxyl groups is 1. The Morgan fingerprint density at radius 1 is 1.13 bits per heavy atom. The lowest BCUT2D eigenvalue weighted by Crippen LogP contribution is -2.55. The summed E-state index contributed by atoms with van der Waals surface area (Å²) in [5.74, 6) is -2.79. The molecule has 160 valence electrons. The summed E-state index contributed by atoms with van der Waals surface area (Å²) in [6.07, 6.45) is -0.381. The molecular formula is C23H22BrN3O4. The zero-order valence-electron chi connectivity index (χ0n) is 16.8. The minimum atomic E-state index is -1.39. The number of carbonyl (C=O) groups excluding carboxylic acids is 3. The van der Waals surface area contributed by atoms with E-state index in [1.165, 1.54) is 4.90 Å². The van der Waals surface area contributed by atoms with Gasteiger partial charge in [0.2, 0.25) is 17.7 Å². The second-order valence-corrected chi connectivity index (χ2v) is 9.35. The van der Waals surface area contributed by atoms with Gasteiger partial charge < -0.3 is 10.4 Å². The largest absolute Gasteiger partial charge is 0.392 e. The Hall–Kier alpha value is -2.55. The van der Waals surface area contributed by atoms with Crippen molar-refractivity contribution < 1.29 is 19.5 Å². The van der Waals surface area contributed by atoms with E-state index >= 15 is 0 Å². The quantitative estimate of drug-likeness (QED) is 0.575. The third kappa shape index (κ3) is 2.89. The SMILES string of the molecule is CC(O)C1N[C@]2(C(=O)Nc3ccc(Br)cc32)C2C(=O)N(CCc3ccccc3)C(=O)C12. The highest BCUT2D eigenvalue weighted by Crippen LogP contribution is 2.53. The Morgan fingerprint density at radius 3 is 2.58 bits per heavy atom. The molecule has 3 heterocycles. The minimum Gasteiger partial charge on any atom is -0.392 e. The second-order valence-electron chi connectivity index (χ2n) is 8.43. The van der Waals surface area contributed by atoms with Gasteiger partial charge in [0.15, 0.2) is 0 Å². The number of hydrogen-bond acceptors (Lipinski definition) is 5. The predicted octanol–water partition coefficient (Wildman–Crippen LogP) is 1.79. The van der Waals surface area contributed by atoms with Crippen molar-refractivity contribution in [2.24, 2.45) is 11.8 Å². The van der Waals surface area contributed by atoms with Crippen LogP contribution in [-0.2, 0) is 26.3 Å². The summed E-state index contributed by atoms with van der Waals surface area (Å²) in [4.78, 5) is 41.5. The van der Waals surface area contributed by atoms with Crippen LogP contribution in [0.25, 0.3) is 0 Å². The van der Waals surface area contributed by atoms with Crippen LogP contribution in [0.5, 0.6) is 0 Å². The topological polar surface area (TPSA) is 98.7 Å². The zero-order chi connectivity index (χ0) is 21.9. The average molecular weight is 484 g/mol. The van der Waals surface area contributed by atoms with Crippen LogP contribution in [0.1, 0.15) is 18.1 Å². The van der Waals surface area contributed by atoms with E-state index in [4.69, 9.17) is 0 Å². The first-order valence-electron chi connectivity index (χ1n) is 10.3. The predicted molar refractivity (Wildman–Crippen MR) is 117 cm³/mol. The molecule has 0 radical (unpaired) electrons. The van der Waals surface area contributed by atoms with Crippen LogP contribution in [0.2, 0.25) is 0 Å². The van der Waals surface area contributed by atoms with E-state index in [1.807, 2.05) is 36.4 Å². The molecule has 0 bridgehead atoms. The Kier molecular flexibility index (Phi) is 4.76. The monoisotopic (exact) mass is 483 g/mol. The van der Waals surface area contributed by atoms with Crippen molar-refractivity contribution in [2.45, 2.75) is 31.0 Å². The van der Waals surface area contributed by atoms with Crippen LogP contribution in [-0.4, -0.2) is 46.4 Å². The molecular weight excluding hydrogens is 462 g/mol. The fourth-order valence-electron chi connectivity index (χ4n) is 5.28. The van der Waals surface area contributed by atoms with E-state index in [9.17, 15) is 19.5 Å². The number of imide groups is 1. The molecule has 2 saturated heterocycles. The van der Waals surface area contributed by atoms with Crippen molar-refractivity contribution in [3.05, 3.63) is 64.1 Å². The van der Waals surface area contributed by atoms with Gasteiger partial charge in [-0.1, -0.05) is 46.3 Å². The van der Waals surface area contributed by atoms with Crippen LogP contribution in [0, 0.1) is 11.8 Å². The number of hydrogen-bond donors (Lipinski definition) is 3. The van der Waals surface area contributed by atoms with Crippen molar-refractivity contribution in [2.75, 3.05) is 11.9 Å². The molecule has 1 spiro atoms. The lowest BCUT2D eigenvalue weighted by Gasteiger charge is -2.30. The molecule has 8 heteroatoms. The summed E-state index contributed by atoms with van der Waals surface area (Å²) in [5.41, 5.74) is 0.859. The van der Waals surface area contributed by atoms with E-state index in [2.05, 4.69) is 26.6 Å². The van der Waals surface area contributed by atoms with Gasteiger partial charge in [-0.05, 0) is 37.1 Å². The smallest absolute Gasteiger partial charge is 0.250 e. The Balaban J connectivity index is 1.55. The van der Waals surface area contributed by atoms with Crippen LogP contribution >= 0.6 is 15.9 Å². The lowest BCUT2D eigenvalue weighted by molar-refractivity contribution is -0.143. The first kappa shape index (κ1) is 20.4. The average Bonchev–Trinajstić information content (AvgIpc) is 3.33. The maximum absolute atomic E-state index is 13.6. The molecule has 3 amide bonds. The highest BCUT2D eigenvalue weighted by Gasteiger charge is 2.71. The number of halogens is 1. The van der Waals surface area contributed by atoms with Gasteiger partial charge in [0, 0.05) is 28.3 Å². The number of nitrogens with one attached hydrogen (secondary N) is 2. The van der Waals surface area contributed by atoms with Crippen molar-refractivity contribution >= 4 is 39.3 Å². The highest BCUT2D eigenvalue weighted by atomic mass is 79.9. The number of nitrogens with zero attached hydrogens (tertiary/aromatic N) is 1. The van der Waals surface area contributed by atoms with Crippen LogP contribution in [0.15, 0.2) is 53.0 Å². The van der Waals surface area contributed by atoms with Gasteiger partial charge in [0.05, 0.1) is 17.9 Å². The summed E-state index contributed by atoms with van der Waals surface area (Å²) in [6, 6.07) is 14.3. The second kappa shape index (κ2) is 7.25. The van der Waals surface area contributed by atoms with Crippen LogP contribution in [0.3, 0.4) is 0 Å². The number of fused-ring (bicyclic) bond motifs is 4. The fourth-order valence-corrected chi connectivity index (χ4v) is 5.65. The van der Waals surface area contributed by atoms with E-state index in [1.54, 1.807) is 19.1 Å². The summed E-state index contributed by atoms with van der Waals surface area (Å²) < 4.78 is 0.763. The normalized spacial score (nSPS) is 30.0. The molecule has 5 rings (SSSR count). The minimum absolute atomic E-state index is 0.240. The van der Waals surface area contributed by atoms with E-state index in [0.29, 0.717) is 17.7 Å². The molecule has 31 heavy (non-hydrogen) atoms. The molecule has 4 unspecified atom stereocenters. The van der Waals surface area contributed by atoms with Crippen LogP contribution in [0.4, 0.5) is 5.69 Å². The molecule has 3 aliphatic heterocycles. The summed E-state index contributed by atoms with van der Waals surface area (Å²) in [6.45, 7) is 1.82. The third-order valence-electron chi connectivity index (χ3n) is 6.69. The third-order valence-corrected chi connectivity index (χ3v) is 7.18.